The van der Waals surface area contributed by atoms with E-state index < -0.39 is 60.2 Å². The number of likely N-dealkylation sites (tertiary alicyclic amines) is 1. The molecule has 0 saturated carbocycles. The second-order valence-electron chi connectivity index (χ2n) is 11.6. The molecule has 15 nitrogen and oxygen atoms in total. The Morgan fingerprint density at radius 2 is 1.69 bits per heavy atom. The summed E-state index contributed by atoms with van der Waals surface area (Å²) in [5, 5.41) is 13.2. The van der Waals surface area contributed by atoms with Crippen LogP contribution in [0.25, 0.3) is 0 Å². The zero-order valence-electron chi connectivity index (χ0n) is 28.3. The van der Waals surface area contributed by atoms with Crippen LogP contribution in [0.2, 0.25) is 5.15 Å². The van der Waals surface area contributed by atoms with Crippen molar-refractivity contribution in [3.05, 3.63) is 101 Å². The maximum absolute atomic E-state index is 13.5. The number of carbonyl (C=O) groups is 6. The summed E-state index contributed by atoms with van der Waals surface area (Å²) in [4.78, 5) is 87.7. The molecular weight excluding hydrogens is 680 g/mol. The Bertz CT molecular complexity index is 1750. The number of nitrogens with zero attached hydrogens (tertiary/aromatic N) is 3. The number of rotatable bonds is 14. The summed E-state index contributed by atoms with van der Waals surface area (Å²) in [6, 6.07) is 15.8. The summed E-state index contributed by atoms with van der Waals surface area (Å²) >= 11 is 6.02. The van der Waals surface area contributed by atoms with Crippen LogP contribution in [0.3, 0.4) is 0 Å². The highest BCUT2D eigenvalue weighted by molar-refractivity contribution is 6.29. The fraction of sp³-hybridized carbons (Fsp3) is 0.314. The number of methoxy groups -OCH3 is 1. The van der Waals surface area contributed by atoms with Gasteiger partial charge in [0.2, 0.25) is 23.7 Å². The van der Waals surface area contributed by atoms with Gasteiger partial charge in [-0.1, -0.05) is 60.1 Å². The number of nitrogens with one attached hydrogen (secondary N) is 5. The molecule has 0 radical (unpaired) electrons. The predicted octanol–water partition coefficient (Wildman–Crippen LogP) is 1.63. The third-order valence-electron chi connectivity index (χ3n) is 7.78. The van der Waals surface area contributed by atoms with Gasteiger partial charge in [0.1, 0.15) is 29.0 Å². The average molecular weight is 719 g/mol. The van der Waals surface area contributed by atoms with Gasteiger partial charge in [-0.25, -0.2) is 14.8 Å². The van der Waals surface area contributed by atoms with Crippen LogP contribution in [0.4, 0.5) is 5.95 Å². The lowest BCUT2D eigenvalue weighted by atomic mass is 10.1. The van der Waals surface area contributed by atoms with Gasteiger partial charge in [0, 0.05) is 30.4 Å². The summed E-state index contributed by atoms with van der Waals surface area (Å²) in [5.41, 5.74) is 1.40. The zero-order chi connectivity index (χ0) is 36.9. The lowest BCUT2D eigenvalue weighted by Crippen LogP contribution is -2.54. The maximum Gasteiger partial charge on any atom is 0.328 e. The number of aryl methyl sites for hydroxylation is 1. The Morgan fingerprint density at radius 3 is 2.35 bits per heavy atom. The zero-order valence-corrected chi connectivity index (χ0v) is 29.0. The van der Waals surface area contributed by atoms with Crippen LogP contribution >= 0.6 is 11.6 Å². The summed E-state index contributed by atoms with van der Waals surface area (Å²) < 4.78 is 4.83. The first kappa shape index (κ1) is 38.0. The Hall–Kier alpha value is -5.83. The maximum atomic E-state index is 13.5. The highest BCUT2D eigenvalue weighted by atomic mass is 35.5. The van der Waals surface area contributed by atoms with Gasteiger partial charge in [0.05, 0.1) is 13.7 Å². The van der Waals surface area contributed by atoms with Crippen LogP contribution in [-0.2, 0) is 35.1 Å². The van der Waals surface area contributed by atoms with Crippen molar-refractivity contribution >= 4 is 53.1 Å². The molecule has 4 rings (SSSR count). The molecule has 5 N–H and O–H groups in total. The molecule has 1 aromatic heterocycles. The standard InChI is InChI=1S/C35H39ClN8O7/c1-21-17-28(36)43-35(39-21)38-19-26(42-30(46)24-13-8-5-9-14-24)31(47)40-22(2)33(49)44-16-10-15-27(44)32(48)37-20-29(45)41-25(34(50)51-3)18-23-11-6-4-7-12-23/h4-9,11-14,17,19,22,25,27H,10,15-16,18,20H2,1-3H3,(H,37,48)(H,40,47)(H,41,45)(H,42,46)(H,38,39,43)/b26-19-/t22?,25-,27?/m0/s1. The first-order valence-corrected chi connectivity index (χ1v) is 16.5. The van der Waals surface area contributed by atoms with Gasteiger partial charge in [-0.05, 0) is 50.5 Å². The van der Waals surface area contributed by atoms with Crippen molar-refractivity contribution < 1.29 is 33.5 Å². The molecule has 1 aliphatic heterocycles. The van der Waals surface area contributed by atoms with Gasteiger partial charge >= 0.3 is 5.97 Å². The van der Waals surface area contributed by atoms with Gasteiger partial charge in [-0.15, -0.1) is 0 Å². The number of hydrogen-bond donors (Lipinski definition) is 5. The lowest BCUT2D eigenvalue weighted by molar-refractivity contribution is -0.145. The molecule has 1 fully saturated rings. The molecule has 0 aliphatic carbocycles. The molecule has 2 unspecified atom stereocenters. The van der Waals surface area contributed by atoms with Crippen LogP contribution in [0.1, 0.15) is 41.4 Å². The van der Waals surface area contributed by atoms with Gasteiger partial charge in [-0.3, -0.25) is 24.0 Å². The predicted molar refractivity (Wildman–Crippen MR) is 187 cm³/mol. The minimum atomic E-state index is -1.12. The third-order valence-corrected chi connectivity index (χ3v) is 7.97. The van der Waals surface area contributed by atoms with Crippen molar-refractivity contribution in [1.29, 1.82) is 0 Å². The third kappa shape index (κ3) is 11.1. The number of halogens is 1. The van der Waals surface area contributed by atoms with Crippen LogP contribution in [0.5, 0.6) is 0 Å². The van der Waals surface area contributed by atoms with E-state index in [0.717, 1.165) is 5.56 Å². The number of ether oxygens (including phenoxy) is 1. The number of aromatic nitrogens is 2. The molecule has 2 aromatic carbocycles. The normalized spacial score (nSPS) is 15.2. The number of anilines is 1. The number of esters is 1. The molecule has 1 aliphatic rings. The van der Waals surface area contributed by atoms with Gasteiger partial charge in [0.25, 0.3) is 11.8 Å². The van der Waals surface area contributed by atoms with Gasteiger partial charge in [0.15, 0.2) is 0 Å². The van der Waals surface area contributed by atoms with Crippen molar-refractivity contribution in [3.63, 3.8) is 0 Å². The minimum absolute atomic E-state index is 0.0694. The summed E-state index contributed by atoms with van der Waals surface area (Å²) in [6.07, 6.45) is 2.22. The van der Waals surface area contributed by atoms with Crippen LogP contribution in [0.15, 0.2) is 78.6 Å². The second-order valence-corrected chi connectivity index (χ2v) is 12.0. The van der Waals surface area contributed by atoms with Crippen molar-refractivity contribution in [3.8, 4) is 0 Å². The monoisotopic (exact) mass is 718 g/mol. The molecule has 3 atom stereocenters. The summed E-state index contributed by atoms with van der Waals surface area (Å²) in [6.45, 7) is 2.96. The van der Waals surface area contributed by atoms with Gasteiger partial charge < -0.3 is 36.2 Å². The van der Waals surface area contributed by atoms with E-state index >= 15 is 0 Å². The molecule has 268 valence electrons. The fourth-order valence-electron chi connectivity index (χ4n) is 5.28. The molecule has 0 bridgehead atoms. The number of benzene rings is 2. The lowest BCUT2D eigenvalue weighted by Gasteiger charge is -2.27. The van der Waals surface area contributed by atoms with Crippen LogP contribution in [0, 0.1) is 6.92 Å². The van der Waals surface area contributed by atoms with E-state index in [9.17, 15) is 28.8 Å². The fourth-order valence-corrected chi connectivity index (χ4v) is 5.52. The summed E-state index contributed by atoms with van der Waals surface area (Å²) in [7, 11) is 1.22. The van der Waals surface area contributed by atoms with E-state index in [1.807, 2.05) is 30.3 Å². The highest BCUT2D eigenvalue weighted by Gasteiger charge is 2.37. The molecular formula is C35H39ClN8O7. The van der Waals surface area contributed by atoms with Crippen molar-refractivity contribution in [2.24, 2.45) is 0 Å². The van der Waals surface area contributed by atoms with E-state index in [-0.39, 0.29) is 35.3 Å². The molecule has 16 heteroatoms. The molecule has 1 saturated heterocycles. The van der Waals surface area contributed by atoms with E-state index in [0.29, 0.717) is 18.5 Å². The van der Waals surface area contributed by atoms with Gasteiger partial charge in [-0.2, -0.15) is 0 Å². The van der Waals surface area contributed by atoms with E-state index in [4.69, 9.17) is 16.3 Å². The second kappa shape index (κ2) is 18.2. The van der Waals surface area contributed by atoms with Crippen molar-refractivity contribution in [1.82, 2.24) is 36.1 Å². The van der Waals surface area contributed by atoms with E-state index in [1.165, 1.54) is 25.1 Å². The Morgan fingerprint density at radius 1 is 1.00 bits per heavy atom. The van der Waals surface area contributed by atoms with Crippen molar-refractivity contribution in [2.75, 3.05) is 25.5 Å². The number of amides is 5. The Balaban J connectivity index is 1.38. The van der Waals surface area contributed by atoms with E-state index in [2.05, 4.69) is 36.6 Å². The van der Waals surface area contributed by atoms with Crippen molar-refractivity contribution in [2.45, 2.75) is 51.2 Å². The smallest absolute Gasteiger partial charge is 0.328 e. The van der Waals surface area contributed by atoms with Crippen LogP contribution < -0.4 is 26.6 Å². The average Bonchev–Trinajstić information content (AvgIpc) is 3.62. The number of carbonyl (C=O) groups excluding carboxylic acids is 6. The SMILES string of the molecule is COC(=O)[C@H](Cc1ccccc1)NC(=O)CNC(=O)C1CCCN1C(=O)C(C)NC(=O)/C(=C/Nc1nc(C)cc(Cl)n1)NC(=O)c1ccccc1. The molecule has 5 amide bonds. The molecule has 51 heavy (non-hydrogen) atoms. The topological polar surface area (TPSA) is 201 Å². The summed E-state index contributed by atoms with van der Waals surface area (Å²) in [5.74, 6) is -3.69. The molecule has 2 heterocycles. The quantitative estimate of drug-likeness (QED) is 0.0927. The van der Waals surface area contributed by atoms with E-state index in [1.54, 1.807) is 43.3 Å². The highest BCUT2D eigenvalue weighted by Crippen LogP contribution is 2.19. The minimum Gasteiger partial charge on any atom is -0.467 e. The first-order valence-electron chi connectivity index (χ1n) is 16.1. The Kier molecular flexibility index (Phi) is 13.6. The largest absolute Gasteiger partial charge is 0.467 e. The molecule has 3 aromatic rings. The first-order chi connectivity index (χ1) is 24.4. The molecule has 0 spiro atoms. The van der Waals surface area contributed by atoms with Crippen LogP contribution in [-0.4, -0.2) is 88.7 Å². The Labute approximate surface area is 299 Å². The number of hydrogen-bond acceptors (Lipinski definition) is 10.